The summed E-state index contributed by atoms with van der Waals surface area (Å²) in [5, 5.41) is 11.8. The zero-order chi connectivity index (χ0) is 16.2. The highest BCUT2D eigenvalue weighted by atomic mass is 16.6. The number of carbonyl (C=O) groups excluding carboxylic acids is 1. The molecule has 0 heterocycles. The Morgan fingerprint density at radius 1 is 1.09 bits per heavy atom. The highest BCUT2D eigenvalue weighted by molar-refractivity contribution is 5.88. The second-order valence-corrected chi connectivity index (χ2v) is 5.87. The van der Waals surface area contributed by atoms with E-state index < -0.39 is 11.7 Å². The van der Waals surface area contributed by atoms with Crippen LogP contribution in [0.2, 0.25) is 0 Å². The highest BCUT2D eigenvalue weighted by Gasteiger charge is 2.17. The van der Waals surface area contributed by atoms with Crippen LogP contribution in [0.15, 0.2) is 48.5 Å². The van der Waals surface area contributed by atoms with Crippen molar-refractivity contribution in [3.8, 4) is 17.2 Å². The van der Waals surface area contributed by atoms with E-state index in [0.717, 1.165) is 11.1 Å². The van der Waals surface area contributed by atoms with Crippen molar-refractivity contribution in [1.29, 1.82) is 5.26 Å². The van der Waals surface area contributed by atoms with Crippen molar-refractivity contribution in [2.45, 2.75) is 26.4 Å². The number of nitriles is 1. The fourth-order valence-electron chi connectivity index (χ4n) is 1.97. The first kappa shape index (κ1) is 15.6. The van der Waals surface area contributed by atoms with Crippen LogP contribution in [0.1, 0.15) is 26.3 Å². The molecule has 0 atom stereocenters. The van der Waals surface area contributed by atoms with Gasteiger partial charge in [0.1, 0.15) is 11.7 Å². The van der Waals surface area contributed by atoms with Gasteiger partial charge in [0.05, 0.1) is 11.3 Å². The zero-order valence-corrected chi connectivity index (χ0v) is 12.9. The molecular weight excluding hydrogens is 276 g/mol. The molecule has 0 aliphatic carbocycles. The van der Waals surface area contributed by atoms with Crippen molar-refractivity contribution in [2.75, 3.05) is 5.32 Å². The minimum Gasteiger partial charge on any atom is -0.444 e. The van der Waals surface area contributed by atoms with E-state index in [2.05, 4.69) is 11.4 Å². The summed E-state index contributed by atoms with van der Waals surface area (Å²) in [6.45, 7) is 5.37. The van der Waals surface area contributed by atoms with Gasteiger partial charge in [-0.25, -0.2) is 4.79 Å². The predicted octanol–water partition coefficient (Wildman–Crippen LogP) is 4.57. The molecule has 0 fully saturated rings. The summed E-state index contributed by atoms with van der Waals surface area (Å²) < 4.78 is 5.23. The van der Waals surface area contributed by atoms with Crippen LogP contribution in [0.25, 0.3) is 11.1 Å². The van der Waals surface area contributed by atoms with Gasteiger partial charge in [-0.3, -0.25) is 5.32 Å². The summed E-state index contributed by atoms with van der Waals surface area (Å²) in [6, 6.07) is 17.1. The number of carbonyl (C=O) groups is 1. The maximum absolute atomic E-state index is 11.9. The summed E-state index contributed by atoms with van der Waals surface area (Å²) in [7, 11) is 0. The van der Waals surface area contributed by atoms with Crippen molar-refractivity contribution in [3.05, 3.63) is 54.1 Å². The number of hydrogen-bond acceptors (Lipinski definition) is 3. The Kier molecular flexibility index (Phi) is 4.47. The van der Waals surface area contributed by atoms with Gasteiger partial charge in [0.2, 0.25) is 0 Å². The molecule has 2 aromatic rings. The van der Waals surface area contributed by atoms with E-state index in [0.29, 0.717) is 11.3 Å². The summed E-state index contributed by atoms with van der Waals surface area (Å²) in [6.07, 6.45) is -0.575. The van der Waals surface area contributed by atoms with Crippen LogP contribution in [-0.2, 0) is 4.74 Å². The number of anilines is 1. The van der Waals surface area contributed by atoms with Crippen LogP contribution in [-0.4, -0.2) is 11.7 Å². The van der Waals surface area contributed by atoms with E-state index in [9.17, 15) is 10.1 Å². The molecule has 22 heavy (non-hydrogen) atoms. The second kappa shape index (κ2) is 6.31. The highest BCUT2D eigenvalue weighted by Crippen LogP contribution is 2.25. The molecule has 0 radical (unpaired) electrons. The molecule has 4 heteroatoms. The first-order valence-electron chi connectivity index (χ1n) is 6.98. The SMILES string of the molecule is CC(C)(C)OC(=O)Nc1cc(-c2ccccc2)ccc1C#N. The lowest BCUT2D eigenvalue weighted by Crippen LogP contribution is -2.27. The van der Waals surface area contributed by atoms with E-state index in [4.69, 9.17) is 4.74 Å². The smallest absolute Gasteiger partial charge is 0.412 e. The number of nitrogens with one attached hydrogen (secondary N) is 1. The fraction of sp³-hybridized carbons (Fsp3) is 0.222. The van der Waals surface area contributed by atoms with Gasteiger partial charge in [0.15, 0.2) is 0 Å². The molecule has 4 nitrogen and oxygen atoms in total. The minimum atomic E-state index is -0.589. The Balaban J connectivity index is 2.30. The van der Waals surface area contributed by atoms with Crippen molar-refractivity contribution >= 4 is 11.8 Å². The van der Waals surface area contributed by atoms with Gasteiger partial charge in [-0.15, -0.1) is 0 Å². The minimum absolute atomic E-state index is 0.394. The molecule has 2 rings (SSSR count). The Bertz CT molecular complexity index is 710. The van der Waals surface area contributed by atoms with E-state index in [1.807, 2.05) is 36.4 Å². The summed E-state index contributed by atoms with van der Waals surface area (Å²) in [5.41, 5.74) is 2.18. The molecular formula is C18H18N2O2. The first-order valence-corrected chi connectivity index (χ1v) is 6.98. The van der Waals surface area contributed by atoms with Crippen molar-refractivity contribution in [2.24, 2.45) is 0 Å². The maximum atomic E-state index is 11.9. The summed E-state index contributed by atoms with van der Waals surface area (Å²) >= 11 is 0. The van der Waals surface area contributed by atoms with Crippen molar-refractivity contribution < 1.29 is 9.53 Å². The lowest BCUT2D eigenvalue weighted by molar-refractivity contribution is 0.0636. The third-order valence-corrected chi connectivity index (χ3v) is 2.88. The van der Waals surface area contributed by atoms with E-state index in [1.54, 1.807) is 32.9 Å². The molecule has 0 saturated carbocycles. The molecule has 112 valence electrons. The third kappa shape index (κ3) is 4.10. The Morgan fingerprint density at radius 3 is 2.36 bits per heavy atom. The molecule has 2 aromatic carbocycles. The van der Waals surface area contributed by atoms with E-state index >= 15 is 0 Å². The average Bonchev–Trinajstić information content (AvgIpc) is 2.46. The molecule has 0 aromatic heterocycles. The van der Waals surface area contributed by atoms with Crippen LogP contribution in [0, 0.1) is 11.3 Å². The Hall–Kier alpha value is -2.80. The van der Waals surface area contributed by atoms with Gasteiger partial charge < -0.3 is 4.74 Å². The molecule has 0 unspecified atom stereocenters. The third-order valence-electron chi connectivity index (χ3n) is 2.88. The quantitative estimate of drug-likeness (QED) is 0.882. The zero-order valence-electron chi connectivity index (χ0n) is 12.9. The number of amides is 1. The molecule has 1 N–H and O–H groups in total. The van der Waals surface area contributed by atoms with E-state index in [-0.39, 0.29) is 0 Å². The van der Waals surface area contributed by atoms with E-state index in [1.165, 1.54) is 0 Å². The van der Waals surface area contributed by atoms with Gasteiger partial charge in [0, 0.05) is 0 Å². The van der Waals surface area contributed by atoms with Gasteiger partial charge in [0.25, 0.3) is 0 Å². The molecule has 0 saturated heterocycles. The number of rotatable bonds is 2. The van der Waals surface area contributed by atoms with Crippen LogP contribution in [0.4, 0.5) is 10.5 Å². The summed E-state index contributed by atoms with van der Waals surface area (Å²) in [4.78, 5) is 11.9. The molecule has 0 bridgehead atoms. The molecule has 0 spiro atoms. The molecule has 1 amide bonds. The number of ether oxygens (including phenoxy) is 1. The lowest BCUT2D eigenvalue weighted by atomic mass is 10.0. The predicted molar refractivity (Wildman–Crippen MR) is 86.4 cm³/mol. The van der Waals surface area contributed by atoms with Gasteiger partial charge in [-0.2, -0.15) is 5.26 Å². The maximum Gasteiger partial charge on any atom is 0.412 e. The van der Waals surface area contributed by atoms with Crippen LogP contribution >= 0.6 is 0 Å². The van der Waals surface area contributed by atoms with Crippen LogP contribution < -0.4 is 5.32 Å². The standard InChI is InChI=1S/C18H18N2O2/c1-18(2,3)22-17(21)20-16-11-14(9-10-15(16)12-19)13-7-5-4-6-8-13/h4-11H,1-3H3,(H,20,21). The number of benzene rings is 2. The molecule has 0 aliphatic heterocycles. The van der Waals surface area contributed by atoms with Gasteiger partial charge in [-0.05, 0) is 44.0 Å². The Labute approximate surface area is 130 Å². The Morgan fingerprint density at radius 2 is 1.77 bits per heavy atom. The number of nitrogens with zero attached hydrogens (tertiary/aromatic N) is 1. The largest absolute Gasteiger partial charge is 0.444 e. The molecule has 0 aliphatic rings. The van der Waals surface area contributed by atoms with Crippen LogP contribution in [0.3, 0.4) is 0 Å². The fourth-order valence-corrected chi connectivity index (χ4v) is 1.97. The van der Waals surface area contributed by atoms with Crippen LogP contribution in [0.5, 0.6) is 0 Å². The topological polar surface area (TPSA) is 62.1 Å². The van der Waals surface area contributed by atoms with Gasteiger partial charge in [-0.1, -0.05) is 36.4 Å². The summed E-state index contributed by atoms with van der Waals surface area (Å²) in [5.74, 6) is 0. The van der Waals surface area contributed by atoms with Crippen molar-refractivity contribution in [1.82, 2.24) is 0 Å². The second-order valence-electron chi connectivity index (χ2n) is 5.87. The normalized spacial score (nSPS) is 10.6. The lowest BCUT2D eigenvalue weighted by Gasteiger charge is -2.20. The average molecular weight is 294 g/mol. The number of hydrogen-bond donors (Lipinski definition) is 1. The monoisotopic (exact) mass is 294 g/mol. The van der Waals surface area contributed by atoms with Crippen molar-refractivity contribution in [3.63, 3.8) is 0 Å². The first-order chi connectivity index (χ1) is 10.4. The van der Waals surface area contributed by atoms with Gasteiger partial charge >= 0.3 is 6.09 Å².